The van der Waals surface area contributed by atoms with Crippen LogP contribution in [0.5, 0.6) is 0 Å². The van der Waals surface area contributed by atoms with E-state index in [0.29, 0.717) is 0 Å². The Hall–Kier alpha value is -2.81. The van der Waals surface area contributed by atoms with Gasteiger partial charge in [-0.25, -0.2) is 0 Å². The summed E-state index contributed by atoms with van der Waals surface area (Å²) < 4.78 is 2.06. The zero-order valence-electron chi connectivity index (χ0n) is 11.6. The van der Waals surface area contributed by atoms with E-state index >= 15 is 0 Å². The molecule has 0 fully saturated rings. The van der Waals surface area contributed by atoms with Crippen LogP contribution < -0.4 is 0 Å². The molecule has 2 aromatic carbocycles. The van der Waals surface area contributed by atoms with E-state index in [1.165, 1.54) is 0 Å². The quantitative estimate of drug-likeness (QED) is 0.552. The Morgan fingerprint density at radius 3 is 2.52 bits per heavy atom. The van der Waals surface area contributed by atoms with E-state index < -0.39 is 0 Å². The van der Waals surface area contributed by atoms with Gasteiger partial charge >= 0.3 is 0 Å². The molecule has 0 saturated heterocycles. The van der Waals surface area contributed by atoms with Crippen molar-refractivity contribution in [3.8, 4) is 0 Å². The third-order valence-electron chi connectivity index (χ3n) is 3.96. The van der Waals surface area contributed by atoms with Gasteiger partial charge in [0, 0.05) is 22.9 Å². The first-order chi connectivity index (χ1) is 10.3. The van der Waals surface area contributed by atoms with Crippen molar-refractivity contribution in [3.05, 3.63) is 77.5 Å². The number of fused-ring (bicyclic) bond motifs is 3. The van der Waals surface area contributed by atoms with Crippen molar-refractivity contribution >= 4 is 22.5 Å². The van der Waals surface area contributed by atoms with Crippen molar-refractivity contribution in [1.29, 1.82) is 0 Å². The molecular formula is C18H14N2O. The number of benzene rings is 2. The lowest BCUT2D eigenvalue weighted by molar-refractivity contribution is 0.103. The van der Waals surface area contributed by atoms with Crippen LogP contribution in [0, 0.1) is 6.92 Å². The molecule has 0 amide bonds. The lowest BCUT2D eigenvalue weighted by Crippen LogP contribution is -2.01. The van der Waals surface area contributed by atoms with Gasteiger partial charge in [-0.05, 0) is 19.1 Å². The molecule has 0 atom stereocenters. The fraction of sp³-hybridized carbons (Fsp3) is 0.0556. The van der Waals surface area contributed by atoms with E-state index in [1.54, 1.807) is 0 Å². The Morgan fingerprint density at radius 2 is 1.71 bits per heavy atom. The highest BCUT2D eigenvalue weighted by molar-refractivity contribution is 6.11. The van der Waals surface area contributed by atoms with E-state index in [0.717, 1.165) is 33.4 Å². The number of aryl methyl sites for hydroxylation is 1. The number of hydrogen-bond donors (Lipinski definition) is 1. The van der Waals surface area contributed by atoms with Gasteiger partial charge in [0.2, 0.25) is 0 Å². The van der Waals surface area contributed by atoms with Crippen LogP contribution in [0.4, 0.5) is 0 Å². The fourth-order valence-corrected chi connectivity index (χ4v) is 2.83. The highest BCUT2D eigenvalue weighted by atomic mass is 16.1. The molecule has 4 rings (SSSR count). The van der Waals surface area contributed by atoms with E-state index in [-0.39, 0.29) is 5.78 Å². The molecule has 102 valence electrons. The molecule has 3 nitrogen and oxygen atoms in total. The first-order valence-electron chi connectivity index (χ1n) is 6.94. The Morgan fingerprint density at radius 1 is 1.00 bits per heavy atom. The molecule has 0 bridgehead atoms. The number of para-hydroxylation sites is 2. The number of carbonyl (C=O) groups excluding carboxylic acids is 1. The Balaban J connectivity index is 1.94. The average Bonchev–Trinajstić information content (AvgIpc) is 3.05. The Labute approximate surface area is 121 Å². The summed E-state index contributed by atoms with van der Waals surface area (Å²) in [7, 11) is 0. The lowest BCUT2D eigenvalue weighted by atomic mass is 10.0. The van der Waals surface area contributed by atoms with Crippen molar-refractivity contribution in [2.45, 2.75) is 6.92 Å². The molecule has 21 heavy (non-hydrogen) atoms. The number of rotatable bonds is 2. The second kappa shape index (κ2) is 4.35. The number of aromatic nitrogens is 2. The lowest BCUT2D eigenvalue weighted by Gasteiger charge is -1.99. The van der Waals surface area contributed by atoms with Crippen LogP contribution in [0.1, 0.15) is 21.5 Å². The summed E-state index contributed by atoms with van der Waals surface area (Å²) in [5, 5.41) is 0. The van der Waals surface area contributed by atoms with Gasteiger partial charge in [-0.2, -0.15) is 0 Å². The largest absolute Gasteiger partial charge is 0.339 e. The summed E-state index contributed by atoms with van der Waals surface area (Å²) in [6.07, 6.45) is 1.93. The van der Waals surface area contributed by atoms with Crippen LogP contribution in [-0.4, -0.2) is 15.2 Å². The molecule has 0 aliphatic heterocycles. The highest BCUT2D eigenvalue weighted by Crippen LogP contribution is 2.25. The first kappa shape index (κ1) is 12.0. The molecule has 0 radical (unpaired) electrons. The fourth-order valence-electron chi connectivity index (χ4n) is 2.83. The number of hydrogen-bond acceptors (Lipinski definition) is 1. The van der Waals surface area contributed by atoms with E-state index in [9.17, 15) is 4.79 Å². The van der Waals surface area contributed by atoms with Crippen molar-refractivity contribution in [2.75, 3.05) is 0 Å². The van der Waals surface area contributed by atoms with Gasteiger partial charge in [-0.15, -0.1) is 0 Å². The molecule has 0 spiro atoms. The van der Waals surface area contributed by atoms with Gasteiger partial charge in [-0.3, -0.25) is 4.79 Å². The van der Waals surface area contributed by atoms with Gasteiger partial charge < -0.3 is 9.38 Å². The number of carbonyl (C=O) groups is 1. The molecule has 0 aliphatic carbocycles. The molecule has 3 heteroatoms. The second-order valence-electron chi connectivity index (χ2n) is 5.22. The summed E-state index contributed by atoms with van der Waals surface area (Å²) in [4.78, 5) is 16.0. The second-order valence-corrected chi connectivity index (χ2v) is 5.22. The zero-order chi connectivity index (χ0) is 14.4. The van der Waals surface area contributed by atoms with Crippen LogP contribution in [0.25, 0.3) is 16.7 Å². The molecule has 1 N–H and O–H groups in total. The van der Waals surface area contributed by atoms with Crippen LogP contribution >= 0.6 is 0 Å². The van der Waals surface area contributed by atoms with Crippen molar-refractivity contribution in [1.82, 2.24) is 9.38 Å². The average molecular weight is 274 g/mol. The zero-order valence-corrected chi connectivity index (χ0v) is 11.6. The maximum Gasteiger partial charge on any atom is 0.194 e. The topological polar surface area (TPSA) is 37.3 Å². The normalized spacial score (nSPS) is 11.3. The number of imidazole rings is 1. The summed E-state index contributed by atoms with van der Waals surface area (Å²) in [6, 6.07) is 17.5. The minimum absolute atomic E-state index is 0.0641. The minimum atomic E-state index is 0.0641. The predicted molar refractivity (Wildman–Crippen MR) is 83.9 cm³/mol. The maximum atomic E-state index is 12.6. The summed E-state index contributed by atoms with van der Waals surface area (Å²) >= 11 is 0. The smallest absolute Gasteiger partial charge is 0.194 e. The SMILES string of the molecule is Cc1c(C(=O)c2ccccc2)cn2c1[nH]c1ccccc12. The van der Waals surface area contributed by atoms with Crippen molar-refractivity contribution in [3.63, 3.8) is 0 Å². The monoisotopic (exact) mass is 274 g/mol. The van der Waals surface area contributed by atoms with Gasteiger partial charge in [0.05, 0.1) is 11.0 Å². The Kier molecular flexibility index (Phi) is 2.48. The van der Waals surface area contributed by atoms with Crippen LogP contribution in [0.3, 0.4) is 0 Å². The number of ketones is 1. The number of nitrogens with zero attached hydrogens (tertiary/aromatic N) is 1. The molecular weight excluding hydrogens is 260 g/mol. The van der Waals surface area contributed by atoms with Gasteiger partial charge in [0.15, 0.2) is 5.78 Å². The number of nitrogens with one attached hydrogen (secondary N) is 1. The molecule has 2 heterocycles. The van der Waals surface area contributed by atoms with E-state index in [1.807, 2.05) is 61.7 Å². The molecule has 4 aromatic rings. The van der Waals surface area contributed by atoms with E-state index in [2.05, 4.69) is 15.5 Å². The molecule has 0 unspecified atom stereocenters. The molecule has 0 aliphatic rings. The highest BCUT2D eigenvalue weighted by Gasteiger charge is 2.17. The minimum Gasteiger partial charge on any atom is -0.339 e. The third-order valence-corrected chi connectivity index (χ3v) is 3.96. The van der Waals surface area contributed by atoms with Crippen LogP contribution in [0.15, 0.2) is 60.8 Å². The van der Waals surface area contributed by atoms with Crippen molar-refractivity contribution < 1.29 is 4.79 Å². The Bertz CT molecular complexity index is 961. The summed E-state index contributed by atoms with van der Waals surface area (Å²) in [6.45, 7) is 1.99. The van der Waals surface area contributed by atoms with Crippen molar-refractivity contribution in [2.24, 2.45) is 0 Å². The standard InChI is InChI=1S/C18H14N2O/c1-12-14(17(21)13-7-3-2-4-8-13)11-20-16-10-6-5-9-15(16)19-18(12)20/h2-11,19H,1H3. The summed E-state index contributed by atoms with van der Waals surface area (Å²) in [5.41, 5.74) is 5.60. The number of H-pyrrole nitrogens is 1. The van der Waals surface area contributed by atoms with Crippen LogP contribution in [0.2, 0.25) is 0 Å². The van der Waals surface area contributed by atoms with E-state index in [4.69, 9.17) is 0 Å². The van der Waals surface area contributed by atoms with Gasteiger partial charge in [-0.1, -0.05) is 42.5 Å². The van der Waals surface area contributed by atoms with Gasteiger partial charge in [0.25, 0.3) is 0 Å². The summed E-state index contributed by atoms with van der Waals surface area (Å²) in [5.74, 6) is 0.0641. The molecule has 2 aromatic heterocycles. The molecule has 0 saturated carbocycles. The predicted octanol–water partition coefficient (Wildman–Crippen LogP) is 3.96. The maximum absolute atomic E-state index is 12.6. The van der Waals surface area contributed by atoms with Gasteiger partial charge in [0.1, 0.15) is 5.65 Å². The van der Waals surface area contributed by atoms with Crippen LogP contribution in [-0.2, 0) is 0 Å². The first-order valence-corrected chi connectivity index (χ1v) is 6.94. The third kappa shape index (κ3) is 1.71. The number of aromatic amines is 1.